The van der Waals surface area contributed by atoms with Gasteiger partial charge < -0.3 is 15.6 Å². The second kappa shape index (κ2) is 8.80. The maximum absolute atomic E-state index is 8.91. The number of methoxy groups -OCH3 is 1. The Labute approximate surface area is 132 Å². The molecule has 0 heterocycles. The van der Waals surface area contributed by atoms with Crippen LogP contribution in [0.2, 0.25) is 0 Å². The predicted molar refractivity (Wildman–Crippen MR) is 88.5 cm³/mol. The summed E-state index contributed by atoms with van der Waals surface area (Å²) in [6, 6.07) is 16.4. The van der Waals surface area contributed by atoms with Gasteiger partial charge in [-0.25, -0.2) is 0 Å². The molecule has 0 amide bonds. The van der Waals surface area contributed by atoms with Crippen molar-refractivity contribution in [3.05, 3.63) is 59.7 Å². The highest BCUT2D eigenvalue weighted by molar-refractivity contribution is 5.85. The fourth-order valence-corrected chi connectivity index (χ4v) is 2.19. The Balaban J connectivity index is 0.00000220. The molecule has 0 bridgehead atoms. The van der Waals surface area contributed by atoms with E-state index >= 15 is 0 Å². The van der Waals surface area contributed by atoms with Gasteiger partial charge in [0.15, 0.2) is 0 Å². The van der Waals surface area contributed by atoms with E-state index in [0.717, 1.165) is 16.7 Å². The first-order valence-corrected chi connectivity index (χ1v) is 6.79. The summed E-state index contributed by atoms with van der Waals surface area (Å²) in [6.45, 7) is 0.749. The molecule has 4 heteroatoms. The molecule has 0 aliphatic rings. The molecule has 2 aromatic carbocycles. The van der Waals surface area contributed by atoms with Crippen LogP contribution in [0, 0.1) is 0 Å². The van der Waals surface area contributed by atoms with Crippen LogP contribution >= 0.6 is 12.4 Å². The molecule has 0 radical (unpaired) electrons. The highest BCUT2D eigenvalue weighted by Crippen LogP contribution is 2.23. The molecular weight excluding hydrogens is 286 g/mol. The van der Waals surface area contributed by atoms with Crippen molar-refractivity contribution in [2.75, 3.05) is 13.7 Å². The van der Waals surface area contributed by atoms with Crippen molar-refractivity contribution in [1.29, 1.82) is 0 Å². The summed E-state index contributed by atoms with van der Waals surface area (Å²) >= 11 is 0. The lowest BCUT2D eigenvalue weighted by molar-refractivity contribution is 0.185. The molecule has 0 aliphatic heterocycles. The molecule has 3 nitrogen and oxygen atoms in total. The molecule has 2 rings (SSSR count). The second-order valence-electron chi connectivity index (χ2n) is 4.87. The van der Waals surface area contributed by atoms with Gasteiger partial charge in [0.2, 0.25) is 0 Å². The molecule has 114 valence electrons. The van der Waals surface area contributed by atoms with Gasteiger partial charge in [-0.2, -0.15) is 0 Å². The van der Waals surface area contributed by atoms with Gasteiger partial charge in [-0.1, -0.05) is 48.5 Å². The van der Waals surface area contributed by atoms with Crippen molar-refractivity contribution in [3.63, 3.8) is 0 Å². The van der Waals surface area contributed by atoms with E-state index in [-0.39, 0.29) is 25.1 Å². The normalized spacial score (nSPS) is 11.8. The average Bonchev–Trinajstić information content (AvgIpc) is 2.49. The monoisotopic (exact) mass is 307 g/mol. The first-order valence-electron chi connectivity index (χ1n) is 6.79. The van der Waals surface area contributed by atoms with Crippen molar-refractivity contribution < 1.29 is 9.84 Å². The summed E-state index contributed by atoms with van der Waals surface area (Å²) in [5, 5.41) is 8.91. The van der Waals surface area contributed by atoms with Crippen LogP contribution in [0.25, 0.3) is 11.1 Å². The molecule has 0 fully saturated rings. The van der Waals surface area contributed by atoms with E-state index < -0.39 is 0 Å². The average molecular weight is 308 g/mol. The first-order chi connectivity index (χ1) is 9.74. The van der Waals surface area contributed by atoms with Crippen molar-refractivity contribution in [2.45, 2.75) is 19.1 Å². The third kappa shape index (κ3) is 4.83. The lowest BCUT2D eigenvalue weighted by Crippen LogP contribution is -2.11. The Bertz CT molecular complexity index is 525. The number of aliphatic hydroxyl groups excluding tert-OH is 1. The van der Waals surface area contributed by atoms with Gasteiger partial charge in [-0.05, 0) is 28.7 Å². The Kier molecular flexibility index (Phi) is 7.40. The van der Waals surface area contributed by atoms with Crippen molar-refractivity contribution >= 4 is 12.4 Å². The molecular formula is C17H22ClNO2. The molecule has 21 heavy (non-hydrogen) atoms. The number of halogens is 1. The van der Waals surface area contributed by atoms with Crippen LogP contribution in [0.4, 0.5) is 0 Å². The number of nitrogens with two attached hydrogens (primary N) is 1. The van der Waals surface area contributed by atoms with E-state index in [9.17, 15) is 0 Å². The van der Waals surface area contributed by atoms with Gasteiger partial charge in [0.1, 0.15) is 0 Å². The number of ether oxygens (including phenoxy) is 1. The summed E-state index contributed by atoms with van der Waals surface area (Å²) in [6.07, 6.45) is 0.588. The van der Waals surface area contributed by atoms with Gasteiger partial charge in [-0.3, -0.25) is 0 Å². The van der Waals surface area contributed by atoms with Gasteiger partial charge in [0.05, 0.1) is 6.61 Å². The van der Waals surface area contributed by atoms with E-state index in [1.165, 1.54) is 5.56 Å². The molecule has 0 saturated carbocycles. The largest absolute Gasteiger partial charge is 0.396 e. The van der Waals surface area contributed by atoms with Gasteiger partial charge in [-0.15, -0.1) is 12.4 Å². The fourth-order valence-electron chi connectivity index (χ4n) is 2.19. The number of rotatable bonds is 6. The lowest BCUT2D eigenvalue weighted by atomic mass is 9.99. The maximum atomic E-state index is 8.91. The number of benzene rings is 2. The molecule has 1 atom stereocenters. The van der Waals surface area contributed by atoms with E-state index in [0.29, 0.717) is 13.0 Å². The van der Waals surface area contributed by atoms with Crippen LogP contribution in [0.1, 0.15) is 23.6 Å². The van der Waals surface area contributed by atoms with Crippen molar-refractivity contribution in [1.82, 2.24) is 0 Å². The zero-order chi connectivity index (χ0) is 14.4. The summed E-state index contributed by atoms with van der Waals surface area (Å²) in [5.74, 6) is 0. The zero-order valence-electron chi connectivity index (χ0n) is 12.2. The van der Waals surface area contributed by atoms with E-state index in [4.69, 9.17) is 15.6 Å². The van der Waals surface area contributed by atoms with Crippen LogP contribution in [0.15, 0.2) is 48.5 Å². The molecule has 0 spiro atoms. The first kappa shape index (κ1) is 17.7. The van der Waals surface area contributed by atoms with Crippen LogP contribution in [-0.4, -0.2) is 18.8 Å². The predicted octanol–water partition coefficient (Wildman–Crippen LogP) is 3.30. The van der Waals surface area contributed by atoms with Gasteiger partial charge in [0.25, 0.3) is 0 Å². The molecule has 3 N–H and O–H groups in total. The number of hydrogen-bond donors (Lipinski definition) is 2. The maximum Gasteiger partial charge on any atom is 0.0713 e. The highest BCUT2D eigenvalue weighted by Gasteiger charge is 2.05. The third-order valence-electron chi connectivity index (χ3n) is 3.38. The van der Waals surface area contributed by atoms with Crippen LogP contribution in [0.5, 0.6) is 0 Å². The van der Waals surface area contributed by atoms with E-state index in [1.807, 2.05) is 12.1 Å². The minimum absolute atomic E-state index is 0. The standard InChI is InChI=1S/C17H21NO2.ClH/c1-20-12-13-2-4-14(5-3-13)15-6-8-16(9-7-15)17(18)10-11-19;/h2-9,17,19H,10-12,18H2,1H3;1H. The second-order valence-corrected chi connectivity index (χ2v) is 4.87. The topological polar surface area (TPSA) is 55.5 Å². The van der Waals surface area contributed by atoms with Gasteiger partial charge in [0, 0.05) is 19.8 Å². The van der Waals surface area contributed by atoms with Crippen LogP contribution < -0.4 is 5.73 Å². The Morgan fingerprint density at radius 1 is 1.00 bits per heavy atom. The molecule has 0 aromatic heterocycles. The minimum atomic E-state index is -0.0990. The summed E-state index contributed by atoms with van der Waals surface area (Å²) in [7, 11) is 1.70. The van der Waals surface area contributed by atoms with E-state index in [2.05, 4.69) is 36.4 Å². The molecule has 1 unspecified atom stereocenters. The quantitative estimate of drug-likeness (QED) is 0.861. The fraction of sp³-hybridized carbons (Fsp3) is 0.294. The molecule has 0 saturated heterocycles. The summed E-state index contributed by atoms with van der Waals surface area (Å²) in [4.78, 5) is 0. The van der Waals surface area contributed by atoms with Crippen molar-refractivity contribution in [3.8, 4) is 11.1 Å². The van der Waals surface area contributed by atoms with Crippen molar-refractivity contribution in [2.24, 2.45) is 5.73 Å². The Morgan fingerprint density at radius 3 is 2.00 bits per heavy atom. The van der Waals surface area contributed by atoms with Crippen LogP contribution in [0.3, 0.4) is 0 Å². The summed E-state index contributed by atoms with van der Waals surface area (Å²) < 4.78 is 5.10. The minimum Gasteiger partial charge on any atom is -0.396 e. The number of aliphatic hydroxyl groups is 1. The third-order valence-corrected chi connectivity index (χ3v) is 3.38. The number of hydrogen-bond acceptors (Lipinski definition) is 3. The summed E-state index contributed by atoms with van der Waals surface area (Å²) in [5.41, 5.74) is 10.5. The Morgan fingerprint density at radius 2 is 1.52 bits per heavy atom. The lowest BCUT2D eigenvalue weighted by Gasteiger charge is -2.11. The van der Waals surface area contributed by atoms with Gasteiger partial charge >= 0.3 is 0 Å². The smallest absolute Gasteiger partial charge is 0.0713 e. The molecule has 0 aliphatic carbocycles. The molecule has 2 aromatic rings. The van der Waals surface area contributed by atoms with Crippen LogP contribution in [-0.2, 0) is 11.3 Å². The van der Waals surface area contributed by atoms with E-state index in [1.54, 1.807) is 7.11 Å². The zero-order valence-corrected chi connectivity index (χ0v) is 13.0. The SMILES string of the molecule is COCc1ccc(-c2ccc(C(N)CCO)cc2)cc1.Cl. The Hall–Kier alpha value is -1.39. The highest BCUT2D eigenvalue weighted by atomic mass is 35.5.